The highest BCUT2D eigenvalue weighted by molar-refractivity contribution is 9.10. The third-order valence-corrected chi connectivity index (χ3v) is 4.48. The highest BCUT2D eigenvalue weighted by atomic mass is 79.9. The van der Waals surface area contributed by atoms with Gasteiger partial charge >= 0.3 is 0 Å². The quantitative estimate of drug-likeness (QED) is 0.661. The number of nitrogens with zero attached hydrogens (tertiary/aromatic N) is 1. The third-order valence-electron chi connectivity index (χ3n) is 3.65. The van der Waals surface area contributed by atoms with Crippen LogP contribution in [0.15, 0.2) is 71.3 Å². The maximum atomic E-state index is 12.3. The van der Waals surface area contributed by atoms with Gasteiger partial charge in [0.2, 0.25) is 0 Å². The summed E-state index contributed by atoms with van der Waals surface area (Å²) in [5.41, 5.74) is 2.66. The molecule has 0 aliphatic rings. The molecule has 0 atom stereocenters. The number of carbonyl (C=O) groups is 1. The molecule has 25 heavy (non-hydrogen) atoms. The number of nitrogens with one attached hydrogen (secondary N) is 1. The normalized spacial score (nSPS) is 10.3. The van der Waals surface area contributed by atoms with Gasteiger partial charge in [0, 0.05) is 16.2 Å². The molecule has 3 rings (SSSR count). The van der Waals surface area contributed by atoms with Crippen molar-refractivity contribution >= 4 is 27.7 Å². The third kappa shape index (κ3) is 4.67. The summed E-state index contributed by atoms with van der Waals surface area (Å²) in [6.07, 6.45) is 1.67. The number of hydrogen-bond acceptors (Lipinski definition) is 3. The number of pyridine rings is 1. The molecule has 3 aromatic rings. The van der Waals surface area contributed by atoms with Crippen LogP contribution in [0.25, 0.3) is 0 Å². The van der Waals surface area contributed by atoms with Crippen molar-refractivity contribution in [2.75, 3.05) is 5.32 Å². The molecule has 0 saturated heterocycles. The number of aromatic nitrogens is 1. The number of amides is 1. The van der Waals surface area contributed by atoms with Crippen molar-refractivity contribution in [1.82, 2.24) is 4.98 Å². The van der Waals surface area contributed by atoms with Crippen LogP contribution in [0, 0.1) is 6.92 Å². The Bertz CT molecular complexity index is 865. The predicted molar refractivity (Wildman–Crippen MR) is 102 cm³/mol. The van der Waals surface area contributed by atoms with E-state index >= 15 is 0 Å². The molecule has 5 heteroatoms. The Labute approximate surface area is 155 Å². The van der Waals surface area contributed by atoms with Crippen LogP contribution in [-0.2, 0) is 6.61 Å². The fraction of sp³-hybridized carbons (Fsp3) is 0.100. The average molecular weight is 397 g/mol. The van der Waals surface area contributed by atoms with Gasteiger partial charge in [0.25, 0.3) is 5.91 Å². The number of aryl methyl sites for hydroxylation is 1. The van der Waals surface area contributed by atoms with Gasteiger partial charge in [0.1, 0.15) is 18.2 Å². The molecule has 1 aromatic heterocycles. The van der Waals surface area contributed by atoms with E-state index < -0.39 is 0 Å². The zero-order chi connectivity index (χ0) is 17.6. The maximum Gasteiger partial charge on any atom is 0.256 e. The summed E-state index contributed by atoms with van der Waals surface area (Å²) in [4.78, 5) is 16.5. The van der Waals surface area contributed by atoms with Gasteiger partial charge in [-0.1, -0.05) is 30.3 Å². The molecule has 1 amide bonds. The smallest absolute Gasteiger partial charge is 0.256 e. The minimum Gasteiger partial charge on any atom is -0.489 e. The van der Waals surface area contributed by atoms with Gasteiger partial charge in [-0.05, 0) is 64.3 Å². The molecule has 0 bridgehead atoms. The van der Waals surface area contributed by atoms with Crippen molar-refractivity contribution < 1.29 is 9.53 Å². The first-order valence-corrected chi connectivity index (χ1v) is 8.61. The van der Waals surface area contributed by atoms with E-state index in [1.54, 1.807) is 30.5 Å². The first-order chi connectivity index (χ1) is 12.1. The number of benzene rings is 2. The Balaban J connectivity index is 1.61. The summed E-state index contributed by atoms with van der Waals surface area (Å²) in [5.74, 6) is 1.04. The molecule has 0 aliphatic carbocycles. The lowest BCUT2D eigenvalue weighted by atomic mass is 10.2. The highest BCUT2D eigenvalue weighted by Crippen LogP contribution is 2.19. The van der Waals surface area contributed by atoms with Crippen LogP contribution in [-0.4, -0.2) is 10.9 Å². The van der Waals surface area contributed by atoms with Gasteiger partial charge in [0.05, 0.1) is 0 Å². The van der Waals surface area contributed by atoms with Crippen molar-refractivity contribution in [2.45, 2.75) is 13.5 Å². The van der Waals surface area contributed by atoms with Gasteiger partial charge in [-0.15, -0.1) is 0 Å². The SMILES string of the molecule is Cc1cc(NC(=O)c2ccc(OCc3ccccc3)cc2)ncc1Br. The lowest BCUT2D eigenvalue weighted by Crippen LogP contribution is -2.13. The van der Waals surface area contributed by atoms with Crippen molar-refractivity contribution in [3.63, 3.8) is 0 Å². The van der Waals surface area contributed by atoms with Crippen LogP contribution in [0.3, 0.4) is 0 Å². The second-order valence-corrected chi connectivity index (χ2v) is 6.43. The molecular weight excluding hydrogens is 380 g/mol. The Kier molecular flexibility index (Phi) is 5.46. The zero-order valence-electron chi connectivity index (χ0n) is 13.7. The van der Waals surface area contributed by atoms with E-state index in [-0.39, 0.29) is 5.91 Å². The number of hydrogen-bond donors (Lipinski definition) is 1. The summed E-state index contributed by atoms with van der Waals surface area (Å²) in [6, 6.07) is 18.8. The van der Waals surface area contributed by atoms with Gasteiger partial charge in [-0.2, -0.15) is 0 Å². The Morgan fingerprint density at radius 1 is 1.12 bits per heavy atom. The number of rotatable bonds is 5. The topological polar surface area (TPSA) is 51.2 Å². The Hall–Kier alpha value is -2.66. The minimum absolute atomic E-state index is 0.205. The van der Waals surface area contributed by atoms with E-state index in [9.17, 15) is 4.79 Å². The fourth-order valence-corrected chi connectivity index (χ4v) is 2.46. The van der Waals surface area contributed by atoms with Gasteiger partial charge in [0.15, 0.2) is 0 Å². The first kappa shape index (κ1) is 17.2. The van der Waals surface area contributed by atoms with Crippen LogP contribution in [0.5, 0.6) is 5.75 Å². The molecule has 0 spiro atoms. The Morgan fingerprint density at radius 2 is 1.84 bits per heavy atom. The second kappa shape index (κ2) is 7.94. The largest absolute Gasteiger partial charge is 0.489 e. The van der Waals surface area contributed by atoms with Crippen LogP contribution in [0.2, 0.25) is 0 Å². The molecule has 1 N–H and O–H groups in total. The molecule has 0 saturated carbocycles. The molecule has 126 valence electrons. The predicted octanol–water partition coefficient (Wildman–Crippen LogP) is 4.98. The van der Waals surface area contributed by atoms with Crippen LogP contribution in [0.1, 0.15) is 21.5 Å². The molecule has 0 aliphatic heterocycles. The molecular formula is C20H17BrN2O2. The number of anilines is 1. The highest BCUT2D eigenvalue weighted by Gasteiger charge is 2.08. The summed E-state index contributed by atoms with van der Waals surface area (Å²) < 4.78 is 6.63. The lowest BCUT2D eigenvalue weighted by Gasteiger charge is -2.08. The summed E-state index contributed by atoms with van der Waals surface area (Å²) in [5, 5.41) is 2.79. The lowest BCUT2D eigenvalue weighted by molar-refractivity contribution is 0.102. The molecule has 0 fully saturated rings. The summed E-state index contributed by atoms with van der Waals surface area (Å²) in [7, 11) is 0. The molecule has 0 unspecified atom stereocenters. The number of ether oxygens (including phenoxy) is 1. The second-order valence-electron chi connectivity index (χ2n) is 5.57. The molecule has 4 nitrogen and oxygen atoms in total. The van der Waals surface area contributed by atoms with E-state index in [1.165, 1.54) is 0 Å². The minimum atomic E-state index is -0.205. The van der Waals surface area contributed by atoms with E-state index in [0.717, 1.165) is 21.3 Å². The van der Waals surface area contributed by atoms with E-state index in [0.29, 0.717) is 18.0 Å². The average Bonchev–Trinajstić information content (AvgIpc) is 2.64. The monoisotopic (exact) mass is 396 g/mol. The van der Waals surface area contributed by atoms with Crippen molar-refractivity contribution in [3.8, 4) is 5.75 Å². The van der Waals surface area contributed by atoms with Crippen molar-refractivity contribution in [1.29, 1.82) is 0 Å². The van der Waals surface area contributed by atoms with Gasteiger partial charge < -0.3 is 10.1 Å². The molecule has 1 heterocycles. The zero-order valence-corrected chi connectivity index (χ0v) is 15.3. The van der Waals surface area contributed by atoms with Crippen LogP contribution in [0.4, 0.5) is 5.82 Å². The molecule has 2 aromatic carbocycles. The van der Waals surface area contributed by atoms with E-state index in [2.05, 4.69) is 26.2 Å². The van der Waals surface area contributed by atoms with Crippen LogP contribution >= 0.6 is 15.9 Å². The van der Waals surface area contributed by atoms with Gasteiger partial charge in [-0.25, -0.2) is 4.98 Å². The number of halogens is 1. The van der Waals surface area contributed by atoms with Gasteiger partial charge in [-0.3, -0.25) is 4.79 Å². The van der Waals surface area contributed by atoms with Crippen molar-refractivity contribution in [3.05, 3.63) is 88.0 Å². The fourth-order valence-electron chi connectivity index (χ4n) is 2.24. The maximum absolute atomic E-state index is 12.3. The van der Waals surface area contributed by atoms with E-state index in [4.69, 9.17) is 4.74 Å². The first-order valence-electron chi connectivity index (χ1n) is 7.82. The van der Waals surface area contributed by atoms with Crippen molar-refractivity contribution in [2.24, 2.45) is 0 Å². The number of carbonyl (C=O) groups excluding carboxylic acids is 1. The van der Waals surface area contributed by atoms with Crippen LogP contribution < -0.4 is 10.1 Å². The molecule has 0 radical (unpaired) electrons. The summed E-state index contributed by atoms with van der Waals surface area (Å²) >= 11 is 3.39. The Morgan fingerprint density at radius 3 is 2.52 bits per heavy atom. The van der Waals surface area contributed by atoms with E-state index in [1.807, 2.05) is 43.3 Å². The summed E-state index contributed by atoms with van der Waals surface area (Å²) in [6.45, 7) is 2.44. The standard InChI is InChI=1S/C20H17BrN2O2/c1-14-11-19(22-12-18(14)21)23-20(24)16-7-9-17(10-8-16)25-13-15-5-3-2-4-6-15/h2-12H,13H2,1H3,(H,22,23,24).